The van der Waals surface area contributed by atoms with Crippen LogP contribution in [0.25, 0.3) is 0 Å². The Bertz CT molecular complexity index is 680. The quantitative estimate of drug-likeness (QED) is 0.795. The number of aliphatic hydroxyl groups excluding tert-OH is 1. The highest BCUT2D eigenvalue weighted by molar-refractivity contribution is 7.89. The van der Waals surface area contributed by atoms with E-state index in [4.69, 9.17) is 5.73 Å². The lowest BCUT2D eigenvalue weighted by atomic mass is 10.00. The molecule has 1 aromatic carbocycles. The van der Waals surface area contributed by atoms with Crippen molar-refractivity contribution in [3.8, 4) is 0 Å². The monoisotopic (exact) mass is 318 g/mol. The lowest BCUT2D eigenvalue weighted by Crippen LogP contribution is -2.32. The first-order valence-electron chi connectivity index (χ1n) is 6.73. The maximum atomic E-state index is 13.8. The second-order valence-electron chi connectivity index (χ2n) is 5.71. The largest absolute Gasteiger partial charge is 0.399 e. The number of nitrogens with zero attached hydrogens (tertiary/aromatic N) is 1. The van der Waals surface area contributed by atoms with Crippen LogP contribution in [-0.2, 0) is 10.0 Å². The van der Waals surface area contributed by atoms with Crippen molar-refractivity contribution in [1.82, 2.24) is 4.31 Å². The van der Waals surface area contributed by atoms with Crippen molar-refractivity contribution in [2.45, 2.75) is 23.8 Å². The fraction of sp³-hybridized carbons (Fsp3) is 0.538. The van der Waals surface area contributed by atoms with E-state index in [2.05, 4.69) is 0 Å². The number of hydrogen-bond acceptors (Lipinski definition) is 4. The van der Waals surface area contributed by atoms with Gasteiger partial charge in [0.1, 0.15) is 4.90 Å². The Hall–Kier alpha value is -1.25. The second kappa shape index (κ2) is 4.89. The molecule has 116 valence electrons. The molecule has 2 aliphatic rings. The molecule has 0 amide bonds. The summed E-state index contributed by atoms with van der Waals surface area (Å²) < 4.78 is 53.3. The van der Waals surface area contributed by atoms with E-state index in [1.165, 1.54) is 0 Å². The van der Waals surface area contributed by atoms with Gasteiger partial charge in [0.15, 0.2) is 11.6 Å². The van der Waals surface area contributed by atoms with Crippen LogP contribution < -0.4 is 5.73 Å². The Balaban J connectivity index is 1.96. The first-order chi connectivity index (χ1) is 9.80. The normalized spacial score (nSPS) is 29.8. The number of anilines is 1. The average Bonchev–Trinajstić information content (AvgIpc) is 2.97. The molecule has 3 unspecified atom stereocenters. The molecule has 1 aliphatic heterocycles. The van der Waals surface area contributed by atoms with Gasteiger partial charge in [-0.15, -0.1) is 0 Å². The van der Waals surface area contributed by atoms with Gasteiger partial charge in [0.2, 0.25) is 10.0 Å². The predicted octanol–water partition coefficient (Wildman–Crippen LogP) is 0.938. The van der Waals surface area contributed by atoms with Crippen LogP contribution in [0.1, 0.15) is 12.8 Å². The molecule has 1 saturated carbocycles. The first-order valence-corrected chi connectivity index (χ1v) is 8.17. The number of nitrogens with two attached hydrogens (primary N) is 1. The molecule has 5 nitrogen and oxygen atoms in total. The van der Waals surface area contributed by atoms with Gasteiger partial charge in [-0.25, -0.2) is 17.2 Å². The lowest BCUT2D eigenvalue weighted by Gasteiger charge is -2.19. The zero-order chi connectivity index (χ0) is 15.4. The topological polar surface area (TPSA) is 83.6 Å². The fourth-order valence-corrected chi connectivity index (χ4v) is 4.95. The van der Waals surface area contributed by atoms with E-state index in [0.717, 1.165) is 22.9 Å². The standard InChI is InChI=1S/C13H16F2N2O3S/c14-10-3-8(16)4-12(13(10)15)21(19,20)17-5-7-1-2-11(18)9(7)6-17/h3-4,7,9,11,18H,1-2,5-6,16H2. The van der Waals surface area contributed by atoms with E-state index >= 15 is 0 Å². The van der Waals surface area contributed by atoms with E-state index < -0.39 is 32.7 Å². The molecule has 0 spiro atoms. The average molecular weight is 318 g/mol. The van der Waals surface area contributed by atoms with Crippen LogP contribution in [-0.4, -0.2) is 37.0 Å². The highest BCUT2D eigenvalue weighted by Gasteiger charge is 2.46. The van der Waals surface area contributed by atoms with Gasteiger partial charge in [0.05, 0.1) is 6.10 Å². The number of nitrogen functional groups attached to an aromatic ring is 1. The van der Waals surface area contributed by atoms with Gasteiger partial charge in [-0.1, -0.05) is 0 Å². The number of aliphatic hydroxyl groups is 1. The number of hydrogen-bond donors (Lipinski definition) is 2. The molecule has 3 N–H and O–H groups in total. The molecule has 1 heterocycles. The van der Waals surface area contributed by atoms with Gasteiger partial charge in [-0.2, -0.15) is 4.31 Å². The molecular weight excluding hydrogens is 302 g/mol. The third-order valence-corrected chi connectivity index (χ3v) is 6.25. The van der Waals surface area contributed by atoms with Crippen LogP contribution in [0.3, 0.4) is 0 Å². The maximum absolute atomic E-state index is 13.8. The van der Waals surface area contributed by atoms with Crippen molar-refractivity contribution >= 4 is 15.7 Å². The molecular formula is C13H16F2N2O3S. The van der Waals surface area contributed by atoms with Crippen molar-refractivity contribution in [3.63, 3.8) is 0 Å². The van der Waals surface area contributed by atoms with Gasteiger partial charge in [-0.05, 0) is 30.9 Å². The third-order valence-electron chi connectivity index (χ3n) is 4.42. The highest BCUT2D eigenvalue weighted by atomic mass is 32.2. The molecule has 0 bridgehead atoms. The molecule has 1 aromatic rings. The summed E-state index contributed by atoms with van der Waals surface area (Å²) in [5.41, 5.74) is 5.26. The minimum absolute atomic E-state index is 0.0729. The first kappa shape index (κ1) is 14.7. The molecule has 3 atom stereocenters. The summed E-state index contributed by atoms with van der Waals surface area (Å²) in [5, 5.41) is 9.82. The number of rotatable bonds is 2. The fourth-order valence-electron chi connectivity index (χ4n) is 3.30. The van der Waals surface area contributed by atoms with Crippen LogP contribution in [0.15, 0.2) is 17.0 Å². The number of benzene rings is 1. The number of fused-ring (bicyclic) bond motifs is 1. The summed E-state index contributed by atoms with van der Waals surface area (Å²) in [6, 6.07) is 1.68. The molecule has 3 rings (SSSR count). The Labute approximate surface area is 121 Å². The summed E-state index contributed by atoms with van der Waals surface area (Å²) >= 11 is 0. The Morgan fingerprint density at radius 1 is 1.24 bits per heavy atom. The minimum Gasteiger partial charge on any atom is -0.399 e. The van der Waals surface area contributed by atoms with Crippen molar-refractivity contribution in [2.24, 2.45) is 11.8 Å². The Morgan fingerprint density at radius 3 is 2.62 bits per heavy atom. The SMILES string of the molecule is Nc1cc(F)c(F)c(S(=O)(=O)N2CC3CCC(O)C3C2)c1. The lowest BCUT2D eigenvalue weighted by molar-refractivity contribution is 0.129. The summed E-state index contributed by atoms with van der Waals surface area (Å²) in [6.07, 6.45) is 0.869. The van der Waals surface area contributed by atoms with Crippen LogP contribution in [0.2, 0.25) is 0 Å². The minimum atomic E-state index is -4.15. The predicted molar refractivity (Wildman–Crippen MR) is 71.8 cm³/mol. The molecule has 0 radical (unpaired) electrons. The molecule has 2 fully saturated rings. The molecule has 8 heteroatoms. The molecule has 21 heavy (non-hydrogen) atoms. The second-order valence-corrected chi connectivity index (χ2v) is 7.61. The van der Waals surface area contributed by atoms with E-state index in [9.17, 15) is 22.3 Å². The van der Waals surface area contributed by atoms with Crippen molar-refractivity contribution in [2.75, 3.05) is 18.8 Å². The van der Waals surface area contributed by atoms with Gasteiger partial charge in [0, 0.05) is 24.7 Å². The van der Waals surface area contributed by atoms with Crippen LogP contribution in [0, 0.1) is 23.5 Å². The van der Waals surface area contributed by atoms with Crippen molar-refractivity contribution in [3.05, 3.63) is 23.8 Å². The number of halogens is 2. The maximum Gasteiger partial charge on any atom is 0.246 e. The smallest absolute Gasteiger partial charge is 0.246 e. The van der Waals surface area contributed by atoms with E-state index in [1.807, 2.05) is 0 Å². The summed E-state index contributed by atoms with van der Waals surface area (Å²) in [5.74, 6) is -2.76. The van der Waals surface area contributed by atoms with E-state index in [0.29, 0.717) is 6.42 Å². The molecule has 0 aromatic heterocycles. The summed E-state index contributed by atoms with van der Waals surface area (Å²) in [4.78, 5) is -0.741. The zero-order valence-corrected chi connectivity index (χ0v) is 12.0. The van der Waals surface area contributed by atoms with Crippen LogP contribution >= 0.6 is 0 Å². The zero-order valence-electron chi connectivity index (χ0n) is 11.2. The number of sulfonamides is 1. The highest BCUT2D eigenvalue weighted by Crippen LogP contribution is 2.40. The van der Waals surface area contributed by atoms with Crippen molar-refractivity contribution in [1.29, 1.82) is 0 Å². The van der Waals surface area contributed by atoms with Gasteiger partial charge >= 0.3 is 0 Å². The Morgan fingerprint density at radius 2 is 1.95 bits per heavy atom. The van der Waals surface area contributed by atoms with Crippen LogP contribution in [0.4, 0.5) is 14.5 Å². The summed E-state index contributed by atoms with van der Waals surface area (Å²) in [6.45, 7) is 0.351. The van der Waals surface area contributed by atoms with E-state index in [1.54, 1.807) is 0 Å². The third kappa shape index (κ3) is 2.31. The van der Waals surface area contributed by atoms with Gasteiger partial charge in [-0.3, -0.25) is 0 Å². The molecule has 1 saturated heterocycles. The van der Waals surface area contributed by atoms with E-state index in [-0.39, 0.29) is 30.6 Å². The Kier molecular flexibility index (Phi) is 3.42. The molecule has 1 aliphatic carbocycles. The van der Waals surface area contributed by atoms with Gasteiger partial charge < -0.3 is 10.8 Å². The summed E-state index contributed by atoms with van der Waals surface area (Å²) in [7, 11) is -4.15. The van der Waals surface area contributed by atoms with Gasteiger partial charge in [0.25, 0.3) is 0 Å². The van der Waals surface area contributed by atoms with Crippen LogP contribution in [0.5, 0.6) is 0 Å². The van der Waals surface area contributed by atoms with Crippen molar-refractivity contribution < 1.29 is 22.3 Å².